The summed E-state index contributed by atoms with van der Waals surface area (Å²) in [5, 5.41) is 11.3. The molecule has 2 rings (SSSR count). The van der Waals surface area contributed by atoms with Crippen LogP contribution in [0.5, 0.6) is 0 Å². The number of oxime groups is 1. The number of pyridine rings is 1. The van der Waals surface area contributed by atoms with E-state index in [0.29, 0.717) is 5.69 Å². The molecule has 2 aromatic heterocycles. The SMILES string of the molecule is O/N=C/c1cccn1-c1cc(C(F)(F)F)ccn1. The minimum absolute atomic E-state index is 0.102. The molecule has 0 saturated heterocycles. The summed E-state index contributed by atoms with van der Waals surface area (Å²) in [5.74, 6) is 0.102. The molecule has 4 nitrogen and oxygen atoms in total. The second kappa shape index (κ2) is 4.52. The van der Waals surface area contributed by atoms with Crippen LogP contribution in [0.3, 0.4) is 0 Å². The van der Waals surface area contributed by atoms with Crippen LogP contribution in [0.2, 0.25) is 0 Å². The Kier molecular flexibility index (Phi) is 3.05. The van der Waals surface area contributed by atoms with Gasteiger partial charge in [-0.1, -0.05) is 5.16 Å². The van der Waals surface area contributed by atoms with E-state index < -0.39 is 11.7 Å². The van der Waals surface area contributed by atoms with Gasteiger partial charge in [0.1, 0.15) is 5.82 Å². The molecule has 0 radical (unpaired) electrons. The molecular formula is C11H8F3N3O. The highest BCUT2D eigenvalue weighted by Gasteiger charge is 2.30. The third-order valence-electron chi connectivity index (χ3n) is 2.29. The van der Waals surface area contributed by atoms with Gasteiger partial charge in [0.2, 0.25) is 0 Å². The number of alkyl halides is 3. The summed E-state index contributed by atoms with van der Waals surface area (Å²) >= 11 is 0. The lowest BCUT2D eigenvalue weighted by Crippen LogP contribution is -2.08. The van der Waals surface area contributed by atoms with Crippen LogP contribution in [-0.4, -0.2) is 21.0 Å². The maximum Gasteiger partial charge on any atom is 0.416 e. The topological polar surface area (TPSA) is 50.4 Å². The predicted octanol–water partition coefficient (Wildman–Crippen LogP) is 2.70. The Labute approximate surface area is 100.0 Å². The molecule has 7 heteroatoms. The van der Waals surface area contributed by atoms with Gasteiger partial charge >= 0.3 is 6.18 Å². The van der Waals surface area contributed by atoms with Crippen LogP contribution in [0.1, 0.15) is 11.3 Å². The van der Waals surface area contributed by atoms with Crippen molar-refractivity contribution in [3.8, 4) is 5.82 Å². The molecule has 2 heterocycles. The van der Waals surface area contributed by atoms with Gasteiger partial charge in [-0.3, -0.25) is 0 Å². The van der Waals surface area contributed by atoms with E-state index in [1.165, 1.54) is 10.8 Å². The van der Waals surface area contributed by atoms with Gasteiger partial charge in [0.15, 0.2) is 0 Å². The highest BCUT2D eigenvalue weighted by Crippen LogP contribution is 2.29. The van der Waals surface area contributed by atoms with E-state index in [1.54, 1.807) is 12.1 Å². The van der Waals surface area contributed by atoms with E-state index in [1.807, 2.05) is 0 Å². The minimum atomic E-state index is -4.42. The van der Waals surface area contributed by atoms with Gasteiger partial charge in [-0.2, -0.15) is 13.2 Å². The maximum absolute atomic E-state index is 12.6. The molecule has 0 fully saturated rings. The summed E-state index contributed by atoms with van der Waals surface area (Å²) in [6.45, 7) is 0. The lowest BCUT2D eigenvalue weighted by atomic mass is 10.2. The zero-order valence-corrected chi connectivity index (χ0v) is 8.96. The van der Waals surface area contributed by atoms with Gasteiger partial charge in [-0.25, -0.2) is 4.98 Å². The highest BCUT2D eigenvalue weighted by atomic mass is 19.4. The van der Waals surface area contributed by atoms with Crippen LogP contribution in [0, 0.1) is 0 Å². The third kappa shape index (κ3) is 2.34. The first kappa shape index (κ1) is 12.2. The predicted molar refractivity (Wildman–Crippen MR) is 57.9 cm³/mol. The van der Waals surface area contributed by atoms with Gasteiger partial charge in [0, 0.05) is 12.4 Å². The molecule has 18 heavy (non-hydrogen) atoms. The molecule has 2 aromatic rings. The minimum Gasteiger partial charge on any atom is -0.411 e. The molecule has 0 aromatic carbocycles. The molecule has 0 aliphatic carbocycles. The van der Waals surface area contributed by atoms with Crippen LogP contribution in [0.15, 0.2) is 41.8 Å². The zero-order chi connectivity index (χ0) is 13.2. The number of rotatable bonds is 2. The lowest BCUT2D eigenvalue weighted by Gasteiger charge is -2.09. The number of hydrogen-bond acceptors (Lipinski definition) is 3. The third-order valence-corrected chi connectivity index (χ3v) is 2.29. The summed E-state index contributed by atoms with van der Waals surface area (Å²) in [7, 11) is 0. The van der Waals surface area contributed by atoms with E-state index in [-0.39, 0.29) is 5.82 Å². The molecule has 0 spiro atoms. The molecule has 0 amide bonds. The Balaban J connectivity index is 2.48. The molecule has 1 N–H and O–H groups in total. The van der Waals surface area contributed by atoms with Crippen LogP contribution in [0.4, 0.5) is 13.2 Å². The first-order chi connectivity index (χ1) is 8.52. The van der Waals surface area contributed by atoms with Crippen LogP contribution < -0.4 is 0 Å². The summed E-state index contributed by atoms with van der Waals surface area (Å²) < 4.78 is 39.0. The van der Waals surface area contributed by atoms with Crippen molar-refractivity contribution < 1.29 is 18.4 Å². The monoisotopic (exact) mass is 255 g/mol. The standard InChI is InChI=1S/C11H8F3N3O/c12-11(13,14)8-3-4-15-10(6-8)17-5-1-2-9(17)7-16-18/h1-7,18H/b16-7+. The van der Waals surface area contributed by atoms with Crippen LogP contribution in [0.25, 0.3) is 5.82 Å². The van der Waals surface area contributed by atoms with Gasteiger partial charge < -0.3 is 9.77 Å². The van der Waals surface area contributed by atoms with Crippen molar-refractivity contribution >= 4 is 6.21 Å². The zero-order valence-electron chi connectivity index (χ0n) is 8.96. The Morgan fingerprint density at radius 3 is 2.78 bits per heavy atom. The van der Waals surface area contributed by atoms with Crippen molar-refractivity contribution in [1.29, 1.82) is 0 Å². The van der Waals surface area contributed by atoms with Crippen molar-refractivity contribution in [1.82, 2.24) is 9.55 Å². The summed E-state index contributed by atoms with van der Waals surface area (Å²) in [5.41, 5.74) is -0.364. The second-order valence-electron chi connectivity index (χ2n) is 3.45. The molecular weight excluding hydrogens is 247 g/mol. The van der Waals surface area contributed by atoms with E-state index in [4.69, 9.17) is 5.21 Å². The molecule has 0 unspecified atom stereocenters. The number of halogens is 3. The fraction of sp³-hybridized carbons (Fsp3) is 0.0909. The lowest BCUT2D eigenvalue weighted by molar-refractivity contribution is -0.137. The number of aromatic nitrogens is 2. The van der Waals surface area contributed by atoms with Crippen molar-refractivity contribution in [3.63, 3.8) is 0 Å². The van der Waals surface area contributed by atoms with E-state index in [0.717, 1.165) is 24.5 Å². The average molecular weight is 255 g/mol. The van der Waals surface area contributed by atoms with E-state index >= 15 is 0 Å². The number of hydrogen-bond donors (Lipinski definition) is 1. The molecule has 94 valence electrons. The fourth-order valence-electron chi connectivity index (χ4n) is 1.49. The average Bonchev–Trinajstić information content (AvgIpc) is 2.77. The fourth-order valence-corrected chi connectivity index (χ4v) is 1.49. The smallest absolute Gasteiger partial charge is 0.411 e. The molecule has 0 aliphatic rings. The van der Waals surface area contributed by atoms with Gasteiger partial charge in [-0.05, 0) is 24.3 Å². The molecule has 0 saturated carbocycles. The highest BCUT2D eigenvalue weighted by molar-refractivity contribution is 5.77. The maximum atomic E-state index is 12.6. The number of nitrogens with zero attached hydrogens (tertiary/aromatic N) is 3. The first-order valence-corrected chi connectivity index (χ1v) is 4.91. The molecule has 0 aliphatic heterocycles. The normalized spacial score (nSPS) is 12.2. The first-order valence-electron chi connectivity index (χ1n) is 4.91. The molecule has 0 atom stereocenters. The Hall–Kier alpha value is -2.31. The second-order valence-corrected chi connectivity index (χ2v) is 3.45. The van der Waals surface area contributed by atoms with Crippen LogP contribution >= 0.6 is 0 Å². The van der Waals surface area contributed by atoms with Crippen molar-refractivity contribution in [3.05, 3.63) is 47.9 Å². The van der Waals surface area contributed by atoms with Crippen molar-refractivity contribution in [2.75, 3.05) is 0 Å². The van der Waals surface area contributed by atoms with Crippen molar-refractivity contribution in [2.45, 2.75) is 6.18 Å². The van der Waals surface area contributed by atoms with E-state index in [2.05, 4.69) is 10.1 Å². The van der Waals surface area contributed by atoms with E-state index in [9.17, 15) is 13.2 Å². The van der Waals surface area contributed by atoms with Gasteiger partial charge in [0.05, 0.1) is 17.5 Å². The quantitative estimate of drug-likeness (QED) is 0.509. The summed E-state index contributed by atoms with van der Waals surface area (Å²) in [6.07, 6.45) is -0.699. The Morgan fingerprint density at radius 1 is 1.33 bits per heavy atom. The van der Waals surface area contributed by atoms with Crippen LogP contribution in [-0.2, 0) is 6.18 Å². The van der Waals surface area contributed by atoms with Gasteiger partial charge in [-0.15, -0.1) is 0 Å². The molecule has 0 bridgehead atoms. The summed E-state index contributed by atoms with van der Waals surface area (Å²) in [4.78, 5) is 3.86. The Morgan fingerprint density at radius 2 is 2.11 bits per heavy atom. The summed E-state index contributed by atoms with van der Waals surface area (Å²) in [6, 6.07) is 5.02. The Bertz CT molecular complexity index is 575. The van der Waals surface area contributed by atoms with Gasteiger partial charge in [0.25, 0.3) is 0 Å². The largest absolute Gasteiger partial charge is 0.416 e. The van der Waals surface area contributed by atoms with Crippen molar-refractivity contribution in [2.24, 2.45) is 5.16 Å².